The number of hydrogen-bond donors (Lipinski definition) is 1. The molecule has 7 nitrogen and oxygen atoms in total. The minimum absolute atomic E-state index is 0.0319. The van der Waals surface area contributed by atoms with Crippen molar-refractivity contribution in [1.82, 2.24) is 20.1 Å². The Balaban J connectivity index is 1.97. The lowest BCUT2D eigenvalue weighted by Crippen LogP contribution is -2.25. The minimum Gasteiger partial charge on any atom is -0.494 e. The maximum absolute atomic E-state index is 11.9. The second-order valence-corrected chi connectivity index (χ2v) is 7.12. The zero-order valence-corrected chi connectivity index (χ0v) is 17.2. The van der Waals surface area contributed by atoms with Gasteiger partial charge < -0.3 is 10.1 Å². The van der Waals surface area contributed by atoms with Crippen molar-refractivity contribution in [2.75, 3.05) is 18.9 Å². The number of halogens is 1. The number of benzene rings is 2. The Kier molecular flexibility index (Phi) is 7.11. The van der Waals surface area contributed by atoms with Gasteiger partial charge in [-0.25, -0.2) is 0 Å². The number of carbonyl (C=O) groups is 1. The van der Waals surface area contributed by atoms with E-state index in [9.17, 15) is 4.79 Å². The number of carbonyl (C=O) groups excluding carboxylic acids is 1. The summed E-state index contributed by atoms with van der Waals surface area (Å²) in [7, 11) is 0. The average molecular weight is 428 g/mol. The lowest BCUT2D eigenvalue weighted by atomic mass is 10.2. The third-order valence-electron chi connectivity index (χ3n) is 3.85. The van der Waals surface area contributed by atoms with Gasteiger partial charge in [0.2, 0.25) is 5.91 Å². The van der Waals surface area contributed by atoms with Crippen LogP contribution in [0.4, 0.5) is 0 Å². The number of nitrogens with one attached hydrogen (secondary N) is 1. The molecule has 3 rings (SSSR count). The normalized spacial score (nSPS) is 10.4. The van der Waals surface area contributed by atoms with E-state index in [1.807, 2.05) is 60.0 Å². The van der Waals surface area contributed by atoms with E-state index >= 15 is 0 Å². The van der Waals surface area contributed by atoms with E-state index in [2.05, 4.69) is 15.5 Å². The molecule has 0 aliphatic rings. The predicted molar refractivity (Wildman–Crippen MR) is 112 cm³/mol. The monoisotopic (exact) mass is 427 g/mol. The predicted octanol–water partition coefficient (Wildman–Crippen LogP) is 3.72. The molecule has 1 aromatic heterocycles. The smallest absolute Gasteiger partial charge is 0.231 e. The molecule has 0 aliphatic heterocycles. The van der Waals surface area contributed by atoms with Crippen LogP contribution in [-0.2, 0) is 4.79 Å². The Morgan fingerprint density at radius 3 is 2.69 bits per heavy atom. The SMILES string of the molecule is CCOc1ccc(-n2c(SCC(=O)NCC#N)nnc2-c2ccccc2Cl)cc1. The molecule has 0 atom stereocenters. The van der Waals surface area contributed by atoms with Crippen LogP contribution in [0.5, 0.6) is 5.75 Å². The number of amides is 1. The minimum atomic E-state index is -0.253. The van der Waals surface area contributed by atoms with Gasteiger partial charge in [-0.3, -0.25) is 9.36 Å². The number of aromatic nitrogens is 3. The molecular weight excluding hydrogens is 410 g/mol. The van der Waals surface area contributed by atoms with Crippen molar-refractivity contribution in [1.29, 1.82) is 5.26 Å². The van der Waals surface area contributed by atoms with Gasteiger partial charge in [-0.05, 0) is 43.3 Å². The number of thioether (sulfide) groups is 1. The molecule has 0 saturated carbocycles. The Morgan fingerprint density at radius 2 is 2.00 bits per heavy atom. The van der Waals surface area contributed by atoms with Crippen molar-refractivity contribution in [2.45, 2.75) is 12.1 Å². The highest BCUT2D eigenvalue weighted by Gasteiger charge is 2.19. The van der Waals surface area contributed by atoms with Gasteiger partial charge in [-0.2, -0.15) is 5.26 Å². The Labute approximate surface area is 177 Å². The van der Waals surface area contributed by atoms with Crippen LogP contribution in [0.3, 0.4) is 0 Å². The van der Waals surface area contributed by atoms with Gasteiger partial charge in [-0.15, -0.1) is 10.2 Å². The lowest BCUT2D eigenvalue weighted by Gasteiger charge is -2.12. The van der Waals surface area contributed by atoms with Gasteiger partial charge in [0.15, 0.2) is 11.0 Å². The van der Waals surface area contributed by atoms with E-state index in [4.69, 9.17) is 21.6 Å². The quantitative estimate of drug-likeness (QED) is 0.435. The molecule has 29 heavy (non-hydrogen) atoms. The second-order valence-electron chi connectivity index (χ2n) is 5.77. The van der Waals surface area contributed by atoms with Crippen molar-refractivity contribution in [3.63, 3.8) is 0 Å². The molecule has 0 spiro atoms. The van der Waals surface area contributed by atoms with E-state index < -0.39 is 0 Å². The summed E-state index contributed by atoms with van der Waals surface area (Å²) in [6, 6.07) is 16.8. The van der Waals surface area contributed by atoms with Crippen molar-refractivity contribution in [3.8, 4) is 28.9 Å². The van der Waals surface area contributed by atoms with Gasteiger partial charge >= 0.3 is 0 Å². The van der Waals surface area contributed by atoms with Crippen LogP contribution in [0.15, 0.2) is 53.7 Å². The fourth-order valence-corrected chi connectivity index (χ4v) is 3.59. The van der Waals surface area contributed by atoms with Crippen molar-refractivity contribution >= 4 is 29.3 Å². The van der Waals surface area contributed by atoms with E-state index in [0.29, 0.717) is 22.6 Å². The highest BCUT2D eigenvalue weighted by Crippen LogP contribution is 2.32. The summed E-state index contributed by atoms with van der Waals surface area (Å²) >= 11 is 7.61. The molecule has 3 aromatic rings. The van der Waals surface area contributed by atoms with Crippen molar-refractivity contribution in [2.24, 2.45) is 0 Å². The molecule has 1 amide bonds. The number of hydrogen-bond acceptors (Lipinski definition) is 6. The molecular formula is C20H18ClN5O2S. The number of ether oxygens (including phenoxy) is 1. The summed E-state index contributed by atoms with van der Waals surface area (Å²) < 4.78 is 7.36. The van der Waals surface area contributed by atoms with E-state index in [1.54, 1.807) is 6.07 Å². The van der Waals surface area contributed by atoms with E-state index in [-0.39, 0.29) is 18.2 Å². The number of nitrogens with zero attached hydrogens (tertiary/aromatic N) is 4. The van der Waals surface area contributed by atoms with E-state index in [1.165, 1.54) is 11.8 Å². The van der Waals surface area contributed by atoms with Crippen LogP contribution in [-0.4, -0.2) is 39.6 Å². The summed E-state index contributed by atoms with van der Waals surface area (Å²) in [5.41, 5.74) is 1.55. The Morgan fingerprint density at radius 1 is 1.24 bits per heavy atom. The van der Waals surface area contributed by atoms with Crippen molar-refractivity contribution in [3.05, 3.63) is 53.6 Å². The molecule has 0 radical (unpaired) electrons. The molecule has 0 aliphatic carbocycles. The molecule has 0 fully saturated rings. The second kappa shape index (κ2) is 9.96. The highest BCUT2D eigenvalue weighted by atomic mass is 35.5. The number of rotatable bonds is 8. The van der Waals surface area contributed by atoms with Crippen LogP contribution in [0.2, 0.25) is 5.02 Å². The van der Waals surface area contributed by atoms with Gasteiger partial charge in [-0.1, -0.05) is 35.5 Å². The maximum Gasteiger partial charge on any atom is 0.231 e. The summed E-state index contributed by atoms with van der Waals surface area (Å²) in [5.74, 6) is 1.19. The summed E-state index contributed by atoms with van der Waals surface area (Å²) in [6.07, 6.45) is 0. The molecule has 9 heteroatoms. The highest BCUT2D eigenvalue weighted by molar-refractivity contribution is 7.99. The van der Waals surface area contributed by atoms with Crippen LogP contribution < -0.4 is 10.1 Å². The Hall–Kier alpha value is -3.02. The zero-order chi connectivity index (χ0) is 20.6. The van der Waals surface area contributed by atoms with Crippen LogP contribution in [0, 0.1) is 11.3 Å². The lowest BCUT2D eigenvalue weighted by molar-refractivity contribution is -0.118. The van der Waals surface area contributed by atoms with Gasteiger partial charge in [0, 0.05) is 11.3 Å². The van der Waals surface area contributed by atoms with Crippen molar-refractivity contribution < 1.29 is 9.53 Å². The first kappa shape index (κ1) is 20.7. The molecule has 2 aromatic carbocycles. The standard InChI is InChI=1S/C20H18ClN5O2S/c1-2-28-15-9-7-14(8-10-15)26-19(16-5-3-4-6-17(16)21)24-25-20(26)29-13-18(27)23-12-11-22/h3-10H,2,12-13H2,1H3,(H,23,27). The first-order valence-electron chi connectivity index (χ1n) is 8.84. The average Bonchev–Trinajstić information content (AvgIpc) is 3.15. The molecule has 148 valence electrons. The number of nitriles is 1. The first-order chi connectivity index (χ1) is 14.1. The fraction of sp³-hybridized carbons (Fsp3) is 0.200. The third-order valence-corrected chi connectivity index (χ3v) is 5.11. The molecule has 1 heterocycles. The van der Waals surface area contributed by atoms with Crippen LogP contribution >= 0.6 is 23.4 Å². The maximum atomic E-state index is 11.9. The topological polar surface area (TPSA) is 92.8 Å². The summed E-state index contributed by atoms with van der Waals surface area (Å²) in [4.78, 5) is 11.9. The van der Waals surface area contributed by atoms with Crippen LogP contribution in [0.1, 0.15) is 6.92 Å². The Bertz CT molecular complexity index is 1030. The molecule has 0 saturated heterocycles. The van der Waals surface area contributed by atoms with Gasteiger partial charge in [0.05, 0.1) is 23.5 Å². The van der Waals surface area contributed by atoms with Crippen LogP contribution in [0.25, 0.3) is 17.1 Å². The molecule has 0 unspecified atom stereocenters. The summed E-state index contributed by atoms with van der Waals surface area (Å²) in [5, 5.41) is 20.8. The largest absolute Gasteiger partial charge is 0.494 e. The third kappa shape index (κ3) is 5.08. The fourth-order valence-electron chi connectivity index (χ4n) is 2.59. The van der Waals surface area contributed by atoms with E-state index in [0.717, 1.165) is 17.0 Å². The molecule has 1 N–H and O–H groups in total. The first-order valence-corrected chi connectivity index (χ1v) is 10.2. The van der Waals surface area contributed by atoms with Gasteiger partial charge in [0.1, 0.15) is 12.3 Å². The van der Waals surface area contributed by atoms with Gasteiger partial charge in [0.25, 0.3) is 0 Å². The summed E-state index contributed by atoms with van der Waals surface area (Å²) in [6.45, 7) is 2.47. The molecule has 0 bridgehead atoms. The zero-order valence-electron chi connectivity index (χ0n) is 15.6.